The lowest BCUT2D eigenvalue weighted by Crippen LogP contribution is -2.22. The maximum absolute atomic E-state index is 14.5. The Hall–Kier alpha value is -4.07. The van der Waals surface area contributed by atoms with E-state index < -0.39 is 34.7 Å². The van der Waals surface area contributed by atoms with Gasteiger partial charge in [0, 0.05) is 35.0 Å². The van der Waals surface area contributed by atoms with Gasteiger partial charge in [-0.3, -0.25) is 0 Å². The highest BCUT2D eigenvalue weighted by atomic mass is 32.2. The van der Waals surface area contributed by atoms with Crippen LogP contribution >= 0.6 is 21.4 Å². The number of aromatic nitrogens is 2. The minimum atomic E-state index is -4.89. The summed E-state index contributed by atoms with van der Waals surface area (Å²) in [4.78, 5) is 23.4. The molecule has 1 aromatic heterocycles. The molecule has 0 aliphatic heterocycles. The SMILES string of the molecule is CN(C)CCCCNc1nccc(Oc2ccc(NC(=O)Nc3ccc(-c4ccc(SF)cc4)c(C(F)(F)P)c3)c(C(F)(F)F)c2)n1. The van der Waals surface area contributed by atoms with Crippen LogP contribution in [-0.2, 0) is 11.8 Å². The predicted molar refractivity (Wildman–Crippen MR) is 175 cm³/mol. The number of carbonyl (C=O) groups excluding carboxylic acids is 1. The van der Waals surface area contributed by atoms with Gasteiger partial charge >= 0.3 is 12.2 Å². The molecule has 0 fully saturated rings. The van der Waals surface area contributed by atoms with E-state index in [-0.39, 0.29) is 41.0 Å². The van der Waals surface area contributed by atoms with Gasteiger partial charge in [0.2, 0.25) is 11.8 Å². The van der Waals surface area contributed by atoms with Gasteiger partial charge in [-0.1, -0.05) is 27.4 Å². The Morgan fingerprint density at radius 1 is 0.936 bits per heavy atom. The zero-order valence-corrected chi connectivity index (χ0v) is 27.1. The van der Waals surface area contributed by atoms with Crippen molar-refractivity contribution in [1.29, 1.82) is 0 Å². The molecule has 3 N–H and O–H groups in total. The van der Waals surface area contributed by atoms with Crippen molar-refractivity contribution in [2.24, 2.45) is 0 Å². The van der Waals surface area contributed by atoms with Crippen LogP contribution in [-0.4, -0.2) is 48.1 Å². The topological polar surface area (TPSA) is 91.4 Å². The Labute approximate surface area is 274 Å². The van der Waals surface area contributed by atoms with Crippen LogP contribution in [0.2, 0.25) is 0 Å². The first-order chi connectivity index (χ1) is 22.2. The first kappa shape index (κ1) is 35.8. The summed E-state index contributed by atoms with van der Waals surface area (Å²) < 4.78 is 89.5. The van der Waals surface area contributed by atoms with Crippen LogP contribution in [0.4, 0.5) is 48.0 Å². The first-order valence-electron chi connectivity index (χ1n) is 14.1. The van der Waals surface area contributed by atoms with Crippen molar-refractivity contribution in [2.45, 2.75) is 29.6 Å². The Bertz CT molecular complexity index is 1670. The van der Waals surface area contributed by atoms with Crippen molar-refractivity contribution in [1.82, 2.24) is 14.9 Å². The molecule has 47 heavy (non-hydrogen) atoms. The lowest BCUT2D eigenvalue weighted by molar-refractivity contribution is -0.137. The van der Waals surface area contributed by atoms with Gasteiger partial charge in [-0.05, 0) is 87.1 Å². The molecule has 0 saturated heterocycles. The zero-order chi connectivity index (χ0) is 34.2. The number of alkyl halides is 5. The zero-order valence-electron chi connectivity index (χ0n) is 25.2. The largest absolute Gasteiger partial charge is 0.439 e. The fraction of sp³-hybridized carbons (Fsp3) is 0.258. The highest BCUT2D eigenvalue weighted by Crippen LogP contribution is 2.43. The number of nitrogens with one attached hydrogen (secondary N) is 3. The standard InChI is InChI=1S/C31H31F6N6O2PS/c1-43(2)16-4-3-14-38-28-39-15-13-27(42-28)45-21-8-12-26(25(18-21)30(32,33)34)41-29(44)40-20-7-11-23(24(17-20)31(35,36)46)19-5-9-22(47-37)10-6-19/h5-13,15,17-18H,3-4,14,16,46H2,1-2H3,(H,38,39,42)(H2,40,41,44). The van der Waals surface area contributed by atoms with Crippen molar-refractivity contribution < 1.29 is 35.4 Å². The predicted octanol–water partition coefficient (Wildman–Crippen LogP) is 9.25. The van der Waals surface area contributed by atoms with E-state index in [2.05, 4.69) is 30.8 Å². The second-order valence-corrected chi connectivity index (χ2v) is 11.9. The van der Waals surface area contributed by atoms with E-state index in [1.807, 2.05) is 14.1 Å². The molecular formula is C31H31F6N6O2PS. The highest BCUT2D eigenvalue weighted by molar-refractivity contribution is 7.94. The number of urea groups is 1. The smallest absolute Gasteiger partial charge is 0.418 e. The maximum atomic E-state index is 14.5. The van der Waals surface area contributed by atoms with Gasteiger partial charge in [-0.15, -0.1) is 0 Å². The van der Waals surface area contributed by atoms with E-state index in [0.717, 1.165) is 31.5 Å². The number of hydrogen-bond acceptors (Lipinski definition) is 7. The van der Waals surface area contributed by atoms with Crippen molar-refractivity contribution >= 4 is 44.7 Å². The molecule has 16 heteroatoms. The summed E-state index contributed by atoms with van der Waals surface area (Å²) in [7, 11) is 5.36. The van der Waals surface area contributed by atoms with E-state index in [9.17, 15) is 30.6 Å². The molecule has 0 aliphatic rings. The number of carbonyl (C=O) groups is 1. The molecule has 4 rings (SSSR count). The summed E-state index contributed by atoms with van der Waals surface area (Å²) in [5.74, 6) is 0.0625. The number of anilines is 3. The number of halogens is 6. The first-order valence-corrected chi connectivity index (χ1v) is 15.4. The molecule has 0 bridgehead atoms. The maximum Gasteiger partial charge on any atom is 0.418 e. The van der Waals surface area contributed by atoms with Gasteiger partial charge in [-0.25, -0.2) is 9.78 Å². The van der Waals surface area contributed by atoms with Gasteiger partial charge in [-0.2, -0.15) is 30.8 Å². The summed E-state index contributed by atoms with van der Waals surface area (Å²) in [6.45, 7) is 1.52. The third kappa shape index (κ3) is 10.5. The quantitative estimate of drug-likeness (QED) is 0.0730. The van der Waals surface area contributed by atoms with Crippen molar-refractivity contribution in [3.8, 4) is 22.8 Å². The second kappa shape index (κ2) is 15.7. The molecule has 0 saturated carbocycles. The molecule has 2 amide bonds. The third-order valence-corrected chi connectivity index (χ3v) is 7.36. The van der Waals surface area contributed by atoms with Gasteiger partial charge in [0.25, 0.3) is 5.66 Å². The van der Waals surface area contributed by atoms with Gasteiger partial charge < -0.3 is 25.6 Å². The van der Waals surface area contributed by atoms with Gasteiger partial charge in [0.05, 0.1) is 23.4 Å². The van der Waals surface area contributed by atoms with Crippen LogP contribution in [0.5, 0.6) is 11.6 Å². The average Bonchev–Trinajstić information content (AvgIpc) is 3.01. The Morgan fingerprint density at radius 2 is 1.68 bits per heavy atom. The molecule has 0 aliphatic carbocycles. The molecular weight excluding hydrogens is 665 g/mol. The molecule has 8 nitrogen and oxygen atoms in total. The molecule has 0 radical (unpaired) electrons. The van der Waals surface area contributed by atoms with E-state index >= 15 is 0 Å². The molecule has 1 unspecified atom stereocenters. The van der Waals surface area contributed by atoms with Crippen molar-refractivity contribution in [3.63, 3.8) is 0 Å². The summed E-state index contributed by atoms with van der Waals surface area (Å²) in [5, 5.41) is 7.47. The minimum Gasteiger partial charge on any atom is -0.439 e. The Morgan fingerprint density at radius 3 is 2.34 bits per heavy atom. The number of hydrogen-bond donors (Lipinski definition) is 3. The fourth-order valence-corrected chi connectivity index (χ4v) is 4.89. The van der Waals surface area contributed by atoms with Crippen LogP contribution in [0.25, 0.3) is 11.1 Å². The molecule has 250 valence electrons. The summed E-state index contributed by atoms with van der Waals surface area (Å²) in [5.41, 5.74) is -5.32. The number of rotatable bonds is 13. The summed E-state index contributed by atoms with van der Waals surface area (Å²) in [6, 6.07) is 12.7. The number of nitrogens with zero attached hydrogens (tertiary/aromatic N) is 3. The second-order valence-electron chi connectivity index (χ2n) is 10.5. The van der Waals surface area contributed by atoms with E-state index in [1.54, 1.807) is 0 Å². The Kier molecular flexibility index (Phi) is 11.9. The van der Waals surface area contributed by atoms with Crippen LogP contribution in [0, 0.1) is 0 Å². The Balaban J connectivity index is 1.47. The molecule has 1 heterocycles. The molecule has 3 aromatic carbocycles. The van der Waals surface area contributed by atoms with Crippen LogP contribution in [0.3, 0.4) is 0 Å². The lowest BCUT2D eigenvalue weighted by atomic mass is 9.99. The molecule has 1 atom stereocenters. The fourth-order valence-electron chi connectivity index (χ4n) is 4.41. The third-order valence-electron chi connectivity index (χ3n) is 6.60. The van der Waals surface area contributed by atoms with Crippen LogP contribution in [0.15, 0.2) is 77.8 Å². The number of amides is 2. The van der Waals surface area contributed by atoms with Crippen LogP contribution < -0.4 is 20.7 Å². The number of benzene rings is 3. The lowest BCUT2D eigenvalue weighted by Gasteiger charge is -2.19. The van der Waals surface area contributed by atoms with E-state index in [4.69, 9.17) is 4.74 Å². The van der Waals surface area contributed by atoms with Crippen molar-refractivity contribution in [3.05, 3.63) is 84.1 Å². The summed E-state index contributed by atoms with van der Waals surface area (Å²) in [6.07, 6.45) is -1.67. The van der Waals surface area contributed by atoms with E-state index in [0.29, 0.717) is 23.1 Å². The van der Waals surface area contributed by atoms with Gasteiger partial charge in [0.1, 0.15) is 5.75 Å². The molecule has 0 spiro atoms. The van der Waals surface area contributed by atoms with Gasteiger partial charge in [0.15, 0.2) is 0 Å². The monoisotopic (exact) mass is 696 g/mol. The van der Waals surface area contributed by atoms with Crippen LogP contribution in [0.1, 0.15) is 24.0 Å². The summed E-state index contributed by atoms with van der Waals surface area (Å²) >= 11 is 0.00759. The minimum absolute atomic E-state index is 0.00440. The average molecular weight is 697 g/mol. The van der Waals surface area contributed by atoms with Crippen molar-refractivity contribution in [2.75, 3.05) is 43.1 Å². The number of unbranched alkanes of at least 4 members (excludes halogenated alkanes) is 1. The number of ether oxygens (including phenoxy) is 1. The molecule has 4 aromatic rings. The van der Waals surface area contributed by atoms with E-state index in [1.165, 1.54) is 64.0 Å². The highest BCUT2D eigenvalue weighted by Gasteiger charge is 2.35. The normalized spacial score (nSPS) is 11.8.